The number of hydrogen-bond donors (Lipinski definition) is 0. The lowest BCUT2D eigenvalue weighted by molar-refractivity contribution is 0.204. The second-order valence-corrected chi connectivity index (χ2v) is 8.88. The van der Waals surface area contributed by atoms with E-state index in [1.807, 2.05) is 18.2 Å². The Kier molecular flexibility index (Phi) is 8.60. The standard InChI is InChI=1S/C27H34F2N2/c1-2-18-31(20-22-11-5-3-6-12-22)19-10-17-27(21-30,23-13-7-4-8-14-23)26-24(28)15-9-16-25(26)29/h3,5-6,9,11-12,15-16,23H,2,4,7-8,10,13-14,17-20H2,1H3. The first-order valence-corrected chi connectivity index (χ1v) is 11.7. The first-order chi connectivity index (χ1) is 15.1. The highest BCUT2D eigenvalue weighted by Crippen LogP contribution is 2.45. The van der Waals surface area contributed by atoms with E-state index in [9.17, 15) is 14.0 Å². The van der Waals surface area contributed by atoms with Crippen molar-refractivity contribution in [1.29, 1.82) is 5.26 Å². The fraction of sp³-hybridized carbons (Fsp3) is 0.519. The maximum Gasteiger partial charge on any atom is 0.130 e. The van der Waals surface area contributed by atoms with Crippen molar-refractivity contribution < 1.29 is 8.78 Å². The van der Waals surface area contributed by atoms with Crippen molar-refractivity contribution in [2.75, 3.05) is 13.1 Å². The topological polar surface area (TPSA) is 27.0 Å². The fourth-order valence-electron chi connectivity index (χ4n) is 5.26. The van der Waals surface area contributed by atoms with Gasteiger partial charge in [-0.2, -0.15) is 5.26 Å². The van der Waals surface area contributed by atoms with Crippen LogP contribution in [0, 0.1) is 28.9 Å². The van der Waals surface area contributed by atoms with Gasteiger partial charge in [0.1, 0.15) is 11.6 Å². The van der Waals surface area contributed by atoms with Crippen LogP contribution in [0.25, 0.3) is 0 Å². The van der Waals surface area contributed by atoms with E-state index in [0.29, 0.717) is 6.42 Å². The van der Waals surface area contributed by atoms with Crippen molar-refractivity contribution in [3.63, 3.8) is 0 Å². The lowest BCUT2D eigenvalue weighted by atomic mass is 9.63. The zero-order chi connectivity index (χ0) is 22.1. The van der Waals surface area contributed by atoms with Crippen LogP contribution in [0.2, 0.25) is 0 Å². The minimum atomic E-state index is -1.10. The van der Waals surface area contributed by atoms with Gasteiger partial charge in [-0.1, -0.05) is 62.6 Å². The molecule has 31 heavy (non-hydrogen) atoms. The number of hydrogen-bond acceptors (Lipinski definition) is 2. The second-order valence-electron chi connectivity index (χ2n) is 8.88. The Morgan fingerprint density at radius 1 is 0.968 bits per heavy atom. The number of rotatable bonds is 10. The molecule has 2 aromatic rings. The third kappa shape index (κ3) is 5.71. The van der Waals surface area contributed by atoms with Crippen molar-refractivity contribution in [3.8, 4) is 6.07 Å². The number of benzene rings is 2. The number of nitriles is 1. The van der Waals surface area contributed by atoms with Crippen LogP contribution in [0.5, 0.6) is 0 Å². The van der Waals surface area contributed by atoms with Crippen molar-refractivity contribution >= 4 is 0 Å². The molecule has 0 radical (unpaired) electrons. The van der Waals surface area contributed by atoms with Gasteiger partial charge in [-0.15, -0.1) is 0 Å². The van der Waals surface area contributed by atoms with Crippen molar-refractivity contribution in [2.45, 2.75) is 70.3 Å². The summed E-state index contributed by atoms with van der Waals surface area (Å²) in [4.78, 5) is 2.38. The zero-order valence-electron chi connectivity index (χ0n) is 18.6. The molecule has 1 aliphatic carbocycles. The fourth-order valence-corrected chi connectivity index (χ4v) is 5.26. The Balaban J connectivity index is 1.80. The average Bonchev–Trinajstić information content (AvgIpc) is 2.79. The van der Waals surface area contributed by atoms with Gasteiger partial charge in [-0.05, 0) is 68.8 Å². The minimum absolute atomic E-state index is 0.00509. The van der Waals surface area contributed by atoms with Gasteiger partial charge in [-0.25, -0.2) is 8.78 Å². The second kappa shape index (κ2) is 11.4. The molecule has 2 aromatic carbocycles. The van der Waals surface area contributed by atoms with Gasteiger partial charge >= 0.3 is 0 Å². The largest absolute Gasteiger partial charge is 0.299 e. The Labute approximate surface area is 185 Å². The zero-order valence-corrected chi connectivity index (χ0v) is 18.6. The van der Waals surface area contributed by atoms with E-state index in [2.05, 4.69) is 30.0 Å². The smallest absolute Gasteiger partial charge is 0.130 e. The van der Waals surface area contributed by atoms with E-state index < -0.39 is 17.0 Å². The normalized spacial score (nSPS) is 16.7. The molecule has 0 amide bonds. The Bertz CT molecular complexity index is 835. The van der Waals surface area contributed by atoms with Crippen LogP contribution in [0.4, 0.5) is 8.78 Å². The first-order valence-electron chi connectivity index (χ1n) is 11.7. The SMILES string of the molecule is CCCN(CCCC(C#N)(c1c(F)cccc1F)C1CCCCC1)Cc1ccccc1. The predicted molar refractivity (Wildman–Crippen MR) is 121 cm³/mol. The van der Waals surface area contributed by atoms with Crippen LogP contribution in [-0.4, -0.2) is 18.0 Å². The monoisotopic (exact) mass is 424 g/mol. The van der Waals surface area contributed by atoms with E-state index in [4.69, 9.17) is 0 Å². The van der Waals surface area contributed by atoms with Crippen molar-refractivity contribution in [3.05, 3.63) is 71.3 Å². The van der Waals surface area contributed by atoms with E-state index in [-0.39, 0.29) is 11.5 Å². The molecule has 1 saturated carbocycles. The van der Waals surface area contributed by atoms with Gasteiger partial charge in [-0.3, -0.25) is 4.90 Å². The molecule has 0 bridgehead atoms. The Hall–Kier alpha value is -2.25. The van der Waals surface area contributed by atoms with Gasteiger partial charge in [0.15, 0.2) is 0 Å². The summed E-state index contributed by atoms with van der Waals surface area (Å²) in [6.45, 7) is 4.79. The van der Waals surface area contributed by atoms with Gasteiger partial charge in [0, 0.05) is 12.1 Å². The average molecular weight is 425 g/mol. The summed E-state index contributed by atoms with van der Waals surface area (Å²) >= 11 is 0. The quantitative estimate of drug-likeness (QED) is 0.411. The molecule has 1 unspecified atom stereocenters. The summed E-state index contributed by atoms with van der Waals surface area (Å²) in [6.07, 6.45) is 7.19. The molecule has 1 fully saturated rings. The van der Waals surface area contributed by atoms with Crippen LogP contribution < -0.4 is 0 Å². The molecule has 0 spiro atoms. The van der Waals surface area contributed by atoms with Crippen molar-refractivity contribution in [1.82, 2.24) is 4.90 Å². The number of halogens is 2. The summed E-state index contributed by atoms with van der Waals surface area (Å²) in [5, 5.41) is 10.3. The van der Waals surface area contributed by atoms with E-state index in [0.717, 1.165) is 64.6 Å². The molecule has 0 heterocycles. The minimum Gasteiger partial charge on any atom is -0.299 e. The van der Waals surface area contributed by atoms with Gasteiger partial charge in [0.25, 0.3) is 0 Å². The first kappa shape index (κ1) is 23.4. The lowest BCUT2D eigenvalue weighted by Crippen LogP contribution is -2.38. The molecule has 4 heteroatoms. The highest BCUT2D eigenvalue weighted by Gasteiger charge is 2.44. The Morgan fingerprint density at radius 2 is 1.65 bits per heavy atom. The van der Waals surface area contributed by atoms with Crippen LogP contribution in [-0.2, 0) is 12.0 Å². The molecular formula is C27H34F2N2. The highest BCUT2D eigenvalue weighted by molar-refractivity contribution is 5.36. The summed E-state index contributed by atoms with van der Waals surface area (Å²) < 4.78 is 29.8. The molecule has 1 aliphatic rings. The van der Waals surface area contributed by atoms with E-state index >= 15 is 0 Å². The molecule has 0 aromatic heterocycles. The van der Waals surface area contributed by atoms with Crippen LogP contribution in [0.15, 0.2) is 48.5 Å². The lowest BCUT2D eigenvalue weighted by Gasteiger charge is -2.38. The molecular weight excluding hydrogens is 390 g/mol. The summed E-state index contributed by atoms with van der Waals surface area (Å²) in [5.74, 6) is -1.16. The van der Waals surface area contributed by atoms with Crippen LogP contribution >= 0.6 is 0 Å². The molecule has 1 atom stereocenters. The third-order valence-electron chi connectivity index (χ3n) is 6.74. The summed E-state index contributed by atoms with van der Waals surface area (Å²) in [7, 11) is 0. The van der Waals surface area contributed by atoms with Gasteiger partial charge < -0.3 is 0 Å². The van der Waals surface area contributed by atoms with E-state index in [1.54, 1.807) is 0 Å². The Morgan fingerprint density at radius 3 is 2.26 bits per heavy atom. The van der Waals surface area contributed by atoms with Crippen LogP contribution in [0.3, 0.4) is 0 Å². The molecule has 2 nitrogen and oxygen atoms in total. The van der Waals surface area contributed by atoms with E-state index in [1.165, 1.54) is 23.8 Å². The van der Waals surface area contributed by atoms with Gasteiger partial charge in [0.2, 0.25) is 0 Å². The molecule has 166 valence electrons. The maximum atomic E-state index is 14.9. The maximum absolute atomic E-state index is 14.9. The molecule has 0 aliphatic heterocycles. The summed E-state index contributed by atoms with van der Waals surface area (Å²) in [6, 6.07) is 16.8. The predicted octanol–water partition coefficient (Wildman–Crippen LogP) is 7.00. The van der Waals surface area contributed by atoms with Crippen LogP contribution in [0.1, 0.15) is 69.4 Å². The van der Waals surface area contributed by atoms with Crippen molar-refractivity contribution in [2.24, 2.45) is 5.92 Å². The molecule has 3 rings (SSSR count). The molecule has 0 N–H and O–H groups in total. The molecule has 0 saturated heterocycles. The summed E-state index contributed by atoms with van der Waals surface area (Å²) in [5.41, 5.74) is 0.157. The van der Waals surface area contributed by atoms with Gasteiger partial charge in [0.05, 0.1) is 11.5 Å². The number of nitrogens with zero attached hydrogens (tertiary/aromatic N) is 2. The highest BCUT2D eigenvalue weighted by atomic mass is 19.1. The third-order valence-corrected chi connectivity index (χ3v) is 6.74.